The van der Waals surface area contributed by atoms with E-state index in [-0.39, 0.29) is 12.6 Å². The minimum absolute atomic E-state index is 0.146. The van der Waals surface area contributed by atoms with E-state index in [0.717, 1.165) is 0 Å². The number of rotatable bonds is 4. The van der Waals surface area contributed by atoms with Crippen LogP contribution in [0.3, 0.4) is 0 Å². The van der Waals surface area contributed by atoms with Crippen molar-refractivity contribution in [1.82, 2.24) is 5.32 Å². The Labute approximate surface area is 63.6 Å². The van der Waals surface area contributed by atoms with Crippen LogP contribution in [0.4, 0.5) is 4.79 Å². The normalized spacial score (nSPS) is 12.6. The number of hydrogen-bond acceptors (Lipinski definition) is 3. The second-order valence-corrected chi connectivity index (χ2v) is 2.70. The Bertz CT molecular complexity index is 109. The summed E-state index contributed by atoms with van der Waals surface area (Å²) in [5.74, 6) is 0.600. The topological polar surface area (TPSA) is 69.6 Å². The van der Waals surface area contributed by atoms with Crippen LogP contribution in [-0.4, -0.2) is 41.0 Å². The van der Waals surface area contributed by atoms with E-state index >= 15 is 0 Å². The fraction of sp³-hybridized carbons (Fsp3) is 0.800. The van der Waals surface area contributed by atoms with Crippen LogP contribution in [0.15, 0.2) is 0 Å². The second-order valence-electron chi connectivity index (χ2n) is 1.78. The summed E-state index contributed by atoms with van der Waals surface area (Å²) in [4.78, 5) is 10.0. The van der Waals surface area contributed by atoms with Crippen molar-refractivity contribution < 1.29 is 15.0 Å². The molecule has 0 aromatic carbocycles. The Hall–Kier alpha value is -0.420. The van der Waals surface area contributed by atoms with Gasteiger partial charge in [-0.25, -0.2) is 4.79 Å². The molecule has 4 nitrogen and oxygen atoms in total. The van der Waals surface area contributed by atoms with Crippen LogP contribution in [0.25, 0.3) is 0 Å². The van der Waals surface area contributed by atoms with Gasteiger partial charge < -0.3 is 15.5 Å². The Morgan fingerprint density at radius 2 is 2.40 bits per heavy atom. The van der Waals surface area contributed by atoms with Crippen LogP contribution in [-0.2, 0) is 0 Å². The Morgan fingerprint density at radius 3 is 2.70 bits per heavy atom. The summed E-state index contributed by atoms with van der Waals surface area (Å²) in [6.45, 7) is -0.146. The average molecular weight is 165 g/mol. The van der Waals surface area contributed by atoms with Crippen molar-refractivity contribution in [2.24, 2.45) is 0 Å². The van der Waals surface area contributed by atoms with Crippen molar-refractivity contribution in [1.29, 1.82) is 0 Å². The van der Waals surface area contributed by atoms with Crippen LogP contribution < -0.4 is 5.32 Å². The summed E-state index contributed by atoms with van der Waals surface area (Å²) in [7, 11) is 0. The molecule has 5 heteroatoms. The first kappa shape index (κ1) is 9.58. The Balaban J connectivity index is 3.49. The summed E-state index contributed by atoms with van der Waals surface area (Å²) >= 11 is 1.49. The smallest absolute Gasteiger partial charge is 0.404 e. The van der Waals surface area contributed by atoms with Gasteiger partial charge in [0.2, 0.25) is 0 Å². The first-order chi connectivity index (χ1) is 4.70. The first-order valence-corrected chi connectivity index (χ1v) is 4.19. The van der Waals surface area contributed by atoms with Crippen molar-refractivity contribution >= 4 is 17.9 Å². The van der Waals surface area contributed by atoms with Crippen molar-refractivity contribution in [3.05, 3.63) is 0 Å². The molecule has 0 saturated heterocycles. The van der Waals surface area contributed by atoms with Gasteiger partial charge in [0.25, 0.3) is 0 Å². The maximum atomic E-state index is 10.0. The zero-order valence-electron chi connectivity index (χ0n) is 5.70. The van der Waals surface area contributed by atoms with Gasteiger partial charge in [-0.15, -0.1) is 0 Å². The Kier molecular flexibility index (Phi) is 5.15. The summed E-state index contributed by atoms with van der Waals surface area (Å²) in [6, 6.07) is -0.340. The fourth-order valence-corrected chi connectivity index (χ4v) is 1.11. The van der Waals surface area contributed by atoms with Crippen LogP contribution in [0.5, 0.6) is 0 Å². The number of thioether (sulfide) groups is 1. The van der Waals surface area contributed by atoms with Gasteiger partial charge in [-0.3, -0.25) is 0 Å². The van der Waals surface area contributed by atoms with Gasteiger partial charge in [0, 0.05) is 5.75 Å². The lowest BCUT2D eigenvalue weighted by molar-refractivity contribution is 0.181. The number of aliphatic hydroxyl groups excluding tert-OH is 1. The van der Waals surface area contributed by atoms with Crippen LogP contribution in [0, 0.1) is 0 Å². The maximum absolute atomic E-state index is 10.0. The van der Waals surface area contributed by atoms with Gasteiger partial charge in [0.05, 0.1) is 12.6 Å². The minimum Gasteiger partial charge on any atom is -0.465 e. The van der Waals surface area contributed by atoms with E-state index in [0.29, 0.717) is 5.75 Å². The third-order valence-corrected chi connectivity index (χ3v) is 1.65. The summed E-state index contributed by atoms with van der Waals surface area (Å²) in [5, 5.41) is 19.0. The number of carboxylic acid groups (broad SMARTS) is 1. The molecular weight excluding hydrogens is 154 g/mol. The maximum Gasteiger partial charge on any atom is 0.404 e. The zero-order chi connectivity index (χ0) is 7.98. The molecule has 0 bridgehead atoms. The molecule has 10 heavy (non-hydrogen) atoms. The van der Waals surface area contributed by atoms with Crippen molar-refractivity contribution in [3.63, 3.8) is 0 Å². The third kappa shape index (κ3) is 4.46. The van der Waals surface area contributed by atoms with E-state index in [9.17, 15) is 4.79 Å². The highest BCUT2D eigenvalue weighted by Crippen LogP contribution is 1.95. The van der Waals surface area contributed by atoms with Crippen LogP contribution in [0.1, 0.15) is 0 Å². The predicted molar refractivity (Wildman–Crippen MR) is 40.4 cm³/mol. The monoisotopic (exact) mass is 165 g/mol. The fourth-order valence-electron chi connectivity index (χ4n) is 0.516. The quantitative estimate of drug-likeness (QED) is 0.547. The van der Waals surface area contributed by atoms with Crippen LogP contribution in [0.2, 0.25) is 0 Å². The summed E-state index contributed by atoms with van der Waals surface area (Å²) in [6.07, 6.45) is 0.764. The highest BCUT2D eigenvalue weighted by Gasteiger charge is 2.07. The van der Waals surface area contributed by atoms with Crippen molar-refractivity contribution in [2.45, 2.75) is 6.04 Å². The zero-order valence-corrected chi connectivity index (χ0v) is 6.52. The van der Waals surface area contributed by atoms with Gasteiger partial charge in [-0.05, 0) is 6.26 Å². The highest BCUT2D eigenvalue weighted by atomic mass is 32.2. The molecule has 60 valence electrons. The number of amides is 1. The Morgan fingerprint density at radius 1 is 1.80 bits per heavy atom. The molecular formula is C5H11NO3S. The summed E-state index contributed by atoms with van der Waals surface area (Å²) < 4.78 is 0. The molecule has 0 saturated carbocycles. The van der Waals surface area contributed by atoms with E-state index < -0.39 is 6.09 Å². The van der Waals surface area contributed by atoms with Crippen molar-refractivity contribution in [2.75, 3.05) is 18.6 Å². The standard InChI is InChI=1S/C5H11NO3S/c1-10-3-4(2-7)6-5(8)9/h4,6-7H,2-3H2,1H3,(H,8,9)/t4-/m1/s1. The first-order valence-electron chi connectivity index (χ1n) is 2.80. The molecule has 0 fully saturated rings. The molecule has 0 unspecified atom stereocenters. The third-order valence-electron chi connectivity index (χ3n) is 0.916. The van der Waals surface area contributed by atoms with E-state index in [1.807, 2.05) is 6.26 Å². The number of nitrogens with one attached hydrogen (secondary N) is 1. The molecule has 3 N–H and O–H groups in total. The molecule has 1 amide bonds. The van der Waals surface area contributed by atoms with Crippen molar-refractivity contribution in [3.8, 4) is 0 Å². The SMILES string of the molecule is CSC[C@@H](CO)NC(=O)O. The molecule has 0 aromatic heterocycles. The largest absolute Gasteiger partial charge is 0.465 e. The highest BCUT2D eigenvalue weighted by molar-refractivity contribution is 7.98. The van der Waals surface area contributed by atoms with Gasteiger partial charge in [0.1, 0.15) is 0 Å². The van der Waals surface area contributed by atoms with E-state index in [1.165, 1.54) is 11.8 Å². The minimum atomic E-state index is -1.09. The van der Waals surface area contributed by atoms with Gasteiger partial charge >= 0.3 is 6.09 Å². The number of carbonyl (C=O) groups is 1. The van der Waals surface area contributed by atoms with E-state index in [1.54, 1.807) is 0 Å². The van der Waals surface area contributed by atoms with Gasteiger partial charge in [-0.2, -0.15) is 11.8 Å². The van der Waals surface area contributed by atoms with Gasteiger partial charge in [-0.1, -0.05) is 0 Å². The predicted octanol–water partition coefficient (Wildman–Crippen LogP) is -0.0221. The molecule has 1 atom stereocenters. The number of aliphatic hydroxyl groups is 1. The lowest BCUT2D eigenvalue weighted by Crippen LogP contribution is -2.38. The number of hydrogen-bond donors (Lipinski definition) is 3. The van der Waals surface area contributed by atoms with Gasteiger partial charge in [0.15, 0.2) is 0 Å². The molecule has 0 radical (unpaired) electrons. The summed E-state index contributed by atoms with van der Waals surface area (Å²) in [5.41, 5.74) is 0. The molecule has 0 aliphatic heterocycles. The molecule has 0 heterocycles. The second kappa shape index (κ2) is 5.37. The molecule has 0 spiro atoms. The van der Waals surface area contributed by atoms with E-state index in [2.05, 4.69) is 5.32 Å². The van der Waals surface area contributed by atoms with Crippen LogP contribution >= 0.6 is 11.8 Å². The lowest BCUT2D eigenvalue weighted by Gasteiger charge is -2.11. The molecule has 0 rings (SSSR count). The average Bonchev–Trinajstić information content (AvgIpc) is 1.86. The lowest BCUT2D eigenvalue weighted by atomic mass is 10.4. The molecule has 0 aromatic rings. The molecule has 0 aliphatic carbocycles. The van der Waals surface area contributed by atoms with E-state index in [4.69, 9.17) is 10.2 Å². The molecule has 0 aliphatic rings.